The van der Waals surface area contributed by atoms with Gasteiger partial charge in [0, 0.05) is 43.8 Å². The van der Waals surface area contributed by atoms with E-state index in [0.29, 0.717) is 54.6 Å². The summed E-state index contributed by atoms with van der Waals surface area (Å²) >= 11 is 1.75. The SMILES string of the molecule is CNC(=O)CCCOc1cc(OC)c(CN(CCSC(c2ccccc2)(c2ccccc2)c2ccccc2)C(=O)[C@H](NC(=O)OCC2c3ccccc3-c3ccccc32)C(C)C)c(OC)c1. The number of hydrogen-bond acceptors (Lipinski definition) is 8. The van der Waals surface area contributed by atoms with Crippen LogP contribution in [0.5, 0.6) is 17.2 Å². The number of nitrogens with zero attached hydrogens (tertiary/aromatic N) is 1. The van der Waals surface area contributed by atoms with Gasteiger partial charge in [-0.15, -0.1) is 11.8 Å². The Morgan fingerprint density at radius 3 is 1.70 bits per heavy atom. The molecule has 66 heavy (non-hydrogen) atoms. The highest BCUT2D eigenvalue weighted by Gasteiger charge is 2.38. The van der Waals surface area contributed by atoms with Crippen molar-refractivity contribution in [1.29, 1.82) is 0 Å². The summed E-state index contributed by atoms with van der Waals surface area (Å²) in [5.74, 6) is 1.20. The average Bonchev–Trinajstić information content (AvgIpc) is 3.68. The van der Waals surface area contributed by atoms with Gasteiger partial charge < -0.3 is 34.5 Å². The summed E-state index contributed by atoms with van der Waals surface area (Å²) in [7, 11) is 4.75. The average molecular weight is 906 g/mol. The second kappa shape index (κ2) is 22.5. The number of carbonyl (C=O) groups is 3. The van der Waals surface area contributed by atoms with Crippen molar-refractivity contribution in [3.05, 3.63) is 185 Å². The molecule has 0 fully saturated rings. The maximum absolute atomic E-state index is 15.2. The van der Waals surface area contributed by atoms with Gasteiger partial charge in [0.25, 0.3) is 0 Å². The van der Waals surface area contributed by atoms with Crippen molar-refractivity contribution in [2.24, 2.45) is 5.92 Å². The standard InChI is InChI=1S/C55H59N3O7S/c1-38(2)52(57-54(61)65-37-48-45-28-17-15-26-43(45)44-27-16-18-29-46(44)48)53(60)58(36-47-49(62-4)34-42(35-50(47)63-5)64-32-19-30-51(59)56-3)31-33-66-55(39-20-9-6-10-21-39,40-22-11-7-12-23-40)41-24-13-8-14-25-41/h6-18,20-29,34-35,38,48,52H,19,30-33,36-37H2,1-5H3,(H,56,59)(H,57,61)/t52-/m1/s1. The third kappa shape index (κ3) is 10.7. The third-order valence-electron chi connectivity index (χ3n) is 12.1. The molecule has 0 saturated carbocycles. The number of alkyl carbamates (subject to hydrolysis) is 1. The molecule has 6 aromatic carbocycles. The molecular weight excluding hydrogens is 847 g/mol. The lowest BCUT2D eigenvalue weighted by Crippen LogP contribution is -2.51. The lowest BCUT2D eigenvalue weighted by atomic mass is 9.84. The van der Waals surface area contributed by atoms with Crippen molar-refractivity contribution in [1.82, 2.24) is 15.5 Å². The van der Waals surface area contributed by atoms with Crippen LogP contribution >= 0.6 is 11.8 Å². The predicted octanol–water partition coefficient (Wildman–Crippen LogP) is 10.2. The van der Waals surface area contributed by atoms with E-state index >= 15 is 4.79 Å². The summed E-state index contributed by atoms with van der Waals surface area (Å²) in [5, 5.41) is 5.61. The summed E-state index contributed by atoms with van der Waals surface area (Å²) in [6.45, 7) is 4.67. The monoisotopic (exact) mass is 905 g/mol. The molecule has 0 heterocycles. The van der Waals surface area contributed by atoms with E-state index in [1.165, 1.54) is 0 Å². The van der Waals surface area contributed by atoms with Crippen LogP contribution in [0, 0.1) is 5.92 Å². The zero-order valence-corrected chi connectivity index (χ0v) is 39.1. The van der Waals surface area contributed by atoms with Crippen molar-refractivity contribution in [3.63, 3.8) is 0 Å². The number of benzene rings is 6. The zero-order chi connectivity index (χ0) is 46.5. The molecule has 10 nitrogen and oxygen atoms in total. The minimum absolute atomic E-state index is 0.0617. The molecule has 11 heteroatoms. The van der Waals surface area contributed by atoms with Gasteiger partial charge >= 0.3 is 6.09 Å². The van der Waals surface area contributed by atoms with Crippen LogP contribution in [0.3, 0.4) is 0 Å². The number of amides is 3. The molecule has 1 aliphatic rings. The Kier molecular flexibility index (Phi) is 16.1. The first-order chi connectivity index (χ1) is 32.2. The fourth-order valence-electron chi connectivity index (χ4n) is 8.76. The Morgan fingerprint density at radius 1 is 0.712 bits per heavy atom. The van der Waals surface area contributed by atoms with Crippen LogP contribution in [-0.2, 0) is 25.6 Å². The number of carbonyl (C=O) groups excluding carboxylic acids is 3. The molecule has 7 rings (SSSR count). The molecule has 3 amide bonds. The molecule has 0 radical (unpaired) electrons. The minimum atomic E-state index is -0.923. The van der Waals surface area contributed by atoms with Crippen molar-refractivity contribution in [2.45, 2.75) is 49.9 Å². The van der Waals surface area contributed by atoms with Gasteiger partial charge in [-0.2, -0.15) is 0 Å². The summed E-state index contributed by atoms with van der Waals surface area (Å²) in [6.07, 6.45) is 0.192. The molecule has 1 atom stereocenters. The fourth-order valence-corrected chi connectivity index (χ4v) is 10.3. The molecule has 0 aromatic heterocycles. The highest BCUT2D eigenvalue weighted by molar-refractivity contribution is 8.00. The molecule has 2 N–H and O–H groups in total. The van der Waals surface area contributed by atoms with E-state index < -0.39 is 16.9 Å². The number of nitrogens with one attached hydrogen (secondary N) is 2. The Bertz CT molecular complexity index is 2390. The fraction of sp³-hybridized carbons (Fsp3) is 0.291. The van der Waals surface area contributed by atoms with Crippen LogP contribution < -0.4 is 24.8 Å². The third-order valence-corrected chi connectivity index (χ3v) is 13.6. The summed E-state index contributed by atoms with van der Waals surface area (Å²) in [6, 6.07) is 50.3. The topological polar surface area (TPSA) is 115 Å². The highest BCUT2D eigenvalue weighted by Crippen LogP contribution is 2.49. The first-order valence-electron chi connectivity index (χ1n) is 22.5. The number of methoxy groups -OCH3 is 2. The lowest BCUT2D eigenvalue weighted by Gasteiger charge is -2.37. The van der Waals surface area contributed by atoms with Crippen molar-refractivity contribution < 1.29 is 33.3 Å². The van der Waals surface area contributed by atoms with Crippen molar-refractivity contribution >= 4 is 29.7 Å². The van der Waals surface area contributed by atoms with E-state index in [9.17, 15) is 9.59 Å². The van der Waals surface area contributed by atoms with Crippen LogP contribution in [0.15, 0.2) is 152 Å². The Hall–Kier alpha value is -6.72. The highest BCUT2D eigenvalue weighted by atomic mass is 32.2. The number of rotatable bonds is 21. The quantitative estimate of drug-likeness (QED) is 0.0542. The Labute approximate surface area is 393 Å². The predicted molar refractivity (Wildman–Crippen MR) is 262 cm³/mol. The van der Waals surface area contributed by atoms with E-state index in [-0.39, 0.29) is 36.8 Å². The van der Waals surface area contributed by atoms with E-state index in [2.05, 4.69) is 108 Å². The van der Waals surface area contributed by atoms with E-state index in [1.54, 1.807) is 50.1 Å². The molecule has 0 spiro atoms. The van der Waals surface area contributed by atoms with Gasteiger partial charge in [-0.3, -0.25) is 9.59 Å². The van der Waals surface area contributed by atoms with E-state index in [1.807, 2.05) is 56.3 Å². The number of thioether (sulfide) groups is 1. The maximum atomic E-state index is 15.2. The van der Waals surface area contributed by atoms with Crippen LogP contribution in [0.25, 0.3) is 11.1 Å². The molecule has 0 aliphatic heterocycles. The van der Waals surface area contributed by atoms with Gasteiger partial charge in [-0.1, -0.05) is 153 Å². The van der Waals surface area contributed by atoms with Gasteiger partial charge in [0.15, 0.2) is 0 Å². The Balaban J connectivity index is 1.18. The second-order valence-corrected chi connectivity index (χ2v) is 17.8. The van der Waals surface area contributed by atoms with Crippen LogP contribution in [0.2, 0.25) is 0 Å². The summed E-state index contributed by atoms with van der Waals surface area (Å²) in [4.78, 5) is 42.7. The minimum Gasteiger partial charge on any atom is -0.496 e. The first kappa shape index (κ1) is 47.2. The smallest absolute Gasteiger partial charge is 0.407 e. The molecule has 6 aromatic rings. The van der Waals surface area contributed by atoms with Crippen molar-refractivity contribution in [2.75, 3.05) is 46.8 Å². The van der Waals surface area contributed by atoms with Gasteiger partial charge in [0.2, 0.25) is 11.8 Å². The second-order valence-electron chi connectivity index (χ2n) is 16.5. The van der Waals surface area contributed by atoms with Gasteiger partial charge in [-0.25, -0.2) is 4.79 Å². The molecule has 0 saturated heterocycles. The lowest BCUT2D eigenvalue weighted by molar-refractivity contribution is -0.134. The molecule has 342 valence electrons. The summed E-state index contributed by atoms with van der Waals surface area (Å²) < 4.78 is 23.3. The normalized spacial score (nSPS) is 12.4. The van der Waals surface area contributed by atoms with Crippen LogP contribution in [-0.4, -0.2) is 75.6 Å². The molecule has 0 unspecified atom stereocenters. The van der Waals surface area contributed by atoms with E-state index in [4.69, 9.17) is 18.9 Å². The van der Waals surface area contributed by atoms with E-state index in [0.717, 1.165) is 38.9 Å². The van der Waals surface area contributed by atoms with Crippen LogP contribution in [0.1, 0.15) is 66.0 Å². The molecule has 0 bridgehead atoms. The number of fused-ring (bicyclic) bond motifs is 3. The van der Waals surface area contributed by atoms with Crippen molar-refractivity contribution in [3.8, 4) is 28.4 Å². The van der Waals surface area contributed by atoms with Gasteiger partial charge in [-0.05, 0) is 51.3 Å². The summed E-state index contributed by atoms with van der Waals surface area (Å²) in [5.41, 5.74) is 8.44. The largest absolute Gasteiger partial charge is 0.496 e. The maximum Gasteiger partial charge on any atom is 0.407 e. The molecular formula is C55H59N3O7S. The first-order valence-corrected chi connectivity index (χ1v) is 23.5. The van der Waals surface area contributed by atoms with Gasteiger partial charge in [0.1, 0.15) is 29.9 Å². The number of ether oxygens (including phenoxy) is 4. The molecule has 1 aliphatic carbocycles. The van der Waals surface area contributed by atoms with Gasteiger partial charge in [0.05, 0.1) is 37.7 Å². The van der Waals surface area contributed by atoms with Crippen LogP contribution in [0.4, 0.5) is 4.79 Å². The zero-order valence-electron chi connectivity index (χ0n) is 38.3. The Morgan fingerprint density at radius 2 is 1.21 bits per heavy atom. The number of hydrogen-bond donors (Lipinski definition) is 2.